The van der Waals surface area contributed by atoms with Crippen LogP contribution in [0, 0.1) is 6.92 Å². The number of nitrogens with zero attached hydrogens (tertiary/aromatic N) is 1. The molecule has 0 bridgehead atoms. The van der Waals surface area contributed by atoms with E-state index in [1.165, 1.54) is 5.56 Å². The van der Waals surface area contributed by atoms with Crippen molar-refractivity contribution in [1.82, 2.24) is 10.3 Å². The second kappa shape index (κ2) is 5.79. The van der Waals surface area contributed by atoms with Gasteiger partial charge in [-0.1, -0.05) is 29.8 Å². The third-order valence-electron chi connectivity index (χ3n) is 4.22. The highest BCUT2D eigenvalue weighted by Gasteiger charge is 2.51. The third-order valence-corrected chi connectivity index (χ3v) is 4.22. The fraction of sp³-hybridized carbons (Fsp3) is 0.333. The molecule has 2 aromatic rings. The van der Waals surface area contributed by atoms with Crippen molar-refractivity contribution >= 4 is 5.91 Å². The molecule has 1 aromatic heterocycles. The number of amides is 1. The van der Waals surface area contributed by atoms with Gasteiger partial charge in [0, 0.05) is 18.8 Å². The fourth-order valence-electron chi connectivity index (χ4n) is 2.74. The minimum absolute atomic E-state index is 0.105. The van der Waals surface area contributed by atoms with Crippen molar-refractivity contribution in [2.45, 2.75) is 31.7 Å². The number of aromatic nitrogens is 1. The van der Waals surface area contributed by atoms with Crippen LogP contribution in [-0.2, 0) is 16.8 Å². The molecule has 0 radical (unpaired) electrons. The van der Waals surface area contributed by atoms with Crippen molar-refractivity contribution < 1.29 is 9.53 Å². The molecule has 3 rings (SSSR count). The molecule has 1 heterocycles. The Labute approximate surface area is 130 Å². The van der Waals surface area contributed by atoms with Gasteiger partial charge in [0.2, 0.25) is 11.8 Å². The number of benzene rings is 1. The molecule has 4 heteroatoms. The molecule has 0 atom stereocenters. The van der Waals surface area contributed by atoms with E-state index < -0.39 is 0 Å². The summed E-state index contributed by atoms with van der Waals surface area (Å²) in [4.78, 5) is 16.7. The van der Waals surface area contributed by atoms with Crippen molar-refractivity contribution in [3.63, 3.8) is 0 Å². The van der Waals surface area contributed by atoms with Gasteiger partial charge in [0.1, 0.15) is 0 Å². The van der Waals surface area contributed by atoms with Crippen LogP contribution in [0.1, 0.15) is 29.5 Å². The number of carbonyl (C=O) groups is 1. The Morgan fingerprint density at radius 1 is 1.32 bits per heavy atom. The molecule has 114 valence electrons. The Hall–Kier alpha value is -2.36. The lowest BCUT2D eigenvalue weighted by molar-refractivity contribution is -0.123. The van der Waals surface area contributed by atoms with Gasteiger partial charge in [0.05, 0.1) is 12.5 Å². The molecule has 0 saturated heterocycles. The van der Waals surface area contributed by atoms with Crippen molar-refractivity contribution in [2.24, 2.45) is 0 Å². The largest absolute Gasteiger partial charge is 0.481 e. The normalized spacial score (nSPS) is 15.2. The second-order valence-corrected chi connectivity index (χ2v) is 5.84. The molecule has 4 nitrogen and oxygen atoms in total. The van der Waals surface area contributed by atoms with Crippen LogP contribution in [0.15, 0.2) is 42.6 Å². The molecule has 0 spiro atoms. The molecule has 22 heavy (non-hydrogen) atoms. The lowest BCUT2D eigenvalue weighted by atomic mass is 9.93. The van der Waals surface area contributed by atoms with Crippen molar-refractivity contribution in [3.8, 4) is 5.88 Å². The maximum atomic E-state index is 12.6. The van der Waals surface area contributed by atoms with E-state index in [2.05, 4.69) is 35.4 Å². The number of carbonyl (C=O) groups excluding carboxylic acids is 1. The second-order valence-electron chi connectivity index (χ2n) is 5.84. The van der Waals surface area contributed by atoms with Gasteiger partial charge >= 0.3 is 0 Å². The first-order valence-corrected chi connectivity index (χ1v) is 7.48. The highest BCUT2D eigenvalue weighted by atomic mass is 16.5. The number of pyridine rings is 1. The number of hydrogen-bond donors (Lipinski definition) is 1. The first kappa shape index (κ1) is 14.6. The standard InChI is InChI=1S/C18H20N2O2/c1-13-4-3-5-15(10-13)18(7-8-18)17(21)20-12-14-6-9-19-16(11-14)22-2/h3-6,9-11H,7-8,12H2,1-2H3,(H,20,21). The summed E-state index contributed by atoms with van der Waals surface area (Å²) in [5, 5.41) is 3.05. The average Bonchev–Trinajstić information content (AvgIpc) is 3.35. The van der Waals surface area contributed by atoms with Gasteiger partial charge < -0.3 is 10.1 Å². The van der Waals surface area contributed by atoms with Gasteiger partial charge in [-0.3, -0.25) is 4.79 Å². The van der Waals surface area contributed by atoms with Gasteiger partial charge in [0.15, 0.2) is 0 Å². The highest BCUT2D eigenvalue weighted by molar-refractivity contribution is 5.91. The van der Waals surface area contributed by atoms with E-state index in [0.717, 1.165) is 24.0 Å². The minimum Gasteiger partial charge on any atom is -0.481 e. The first-order valence-electron chi connectivity index (χ1n) is 7.48. The lowest BCUT2D eigenvalue weighted by Gasteiger charge is -2.16. The summed E-state index contributed by atoms with van der Waals surface area (Å²) in [5.41, 5.74) is 2.97. The topological polar surface area (TPSA) is 51.2 Å². The average molecular weight is 296 g/mol. The van der Waals surface area contributed by atoms with E-state index in [1.807, 2.05) is 18.2 Å². The summed E-state index contributed by atoms with van der Waals surface area (Å²) in [6.45, 7) is 2.55. The van der Waals surface area contributed by atoms with E-state index in [4.69, 9.17) is 4.74 Å². The van der Waals surface area contributed by atoms with Crippen LogP contribution in [0.3, 0.4) is 0 Å². The van der Waals surface area contributed by atoms with Crippen LogP contribution in [0.25, 0.3) is 0 Å². The van der Waals surface area contributed by atoms with Crippen LogP contribution in [0.2, 0.25) is 0 Å². The van der Waals surface area contributed by atoms with Gasteiger partial charge in [-0.05, 0) is 37.0 Å². The number of methoxy groups -OCH3 is 1. The van der Waals surface area contributed by atoms with Crippen molar-refractivity contribution in [2.75, 3.05) is 7.11 Å². The Kier molecular flexibility index (Phi) is 3.84. The maximum absolute atomic E-state index is 12.6. The zero-order chi connectivity index (χ0) is 15.6. The van der Waals surface area contributed by atoms with E-state index in [9.17, 15) is 4.79 Å². The molecule has 1 aliphatic rings. The minimum atomic E-state index is -0.330. The summed E-state index contributed by atoms with van der Waals surface area (Å²) in [5.74, 6) is 0.667. The molecule has 0 aliphatic heterocycles. The number of rotatable bonds is 5. The Morgan fingerprint density at radius 2 is 2.14 bits per heavy atom. The monoisotopic (exact) mass is 296 g/mol. The van der Waals surface area contributed by atoms with Gasteiger partial charge in [-0.2, -0.15) is 0 Å². The SMILES string of the molecule is COc1cc(CNC(=O)C2(c3cccc(C)c3)CC2)ccn1. The lowest BCUT2D eigenvalue weighted by Crippen LogP contribution is -2.34. The van der Waals surface area contributed by atoms with Crippen molar-refractivity contribution in [3.05, 3.63) is 59.3 Å². The molecule has 1 aromatic carbocycles. The van der Waals surface area contributed by atoms with Crippen LogP contribution in [0.5, 0.6) is 5.88 Å². The molecule has 1 amide bonds. The van der Waals surface area contributed by atoms with Crippen LogP contribution >= 0.6 is 0 Å². The van der Waals surface area contributed by atoms with Crippen molar-refractivity contribution in [1.29, 1.82) is 0 Å². The van der Waals surface area contributed by atoms with Crippen LogP contribution in [-0.4, -0.2) is 18.0 Å². The molecular weight excluding hydrogens is 276 g/mol. The Bertz CT molecular complexity index is 693. The van der Waals surface area contributed by atoms with E-state index in [-0.39, 0.29) is 11.3 Å². The molecule has 1 saturated carbocycles. The number of nitrogens with one attached hydrogen (secondary N) is 1. The summed E-state index contributed by atoms with van der Waals surface area (Å²) in [6, 6.07) is 12.0. The quantitative estimate of drug-likeness (QED) is 0.923. The summed E-state index contributed by atoms with van der Waals surface area (Å²) >= 11 is 0. The first-order chi connectivity index (χ1) is 10.6. The van der Waals surface area contributed by atoms with Gasteiger partial charge in [0.25, 0.3) is 0 Å². The highest BCUT2D eigenvalue weighted by Crippen LogP contribution is 2.48. The predicted octanol–water partition coefficient (Wildman–Crippen LogP) is 2.75. The summed E-state index contributed by atoms with van der Waals surface area (Å²) in [7, 11) is 1.58. The van der Waals surface area contributed by atoms with Crippen LogP contribution in [0.4, 0.5) is 0 Å². The van der Waals surface area contributed by atoms with E-state index in [1.54, 1.807) is 13.3 Å². The zero-order valence-electron chi connectivity index (χ0n) is 12.9. The Morgan fingerprint density at radius 3 is 2.82 bits per heavy atom. The molecule has 1 aliphatic carbocycles. The van der Waals surface area contributed by atoms with E-state index in [0.29, 0.717) is 12.4 Å². The molecular formula is C18H20N2O2. The Balaban J connectivity index is 1.69. The fourth-order valence-corrected chi connectivity index (χ4v) is 2.74. The molecule has 0 unspecified atom stereocenters. The molecule has 1 fully saturated rings. The number of ether oxygens (including phenoxy) is 1. The third kappa shape index (κ3) is 2.82. The van der Waals surface area contributed by atoms with E-state index >= 15 is 0 Å². The smallest absolute Gasteiger partial charge is 0.230 e. The zero-order valence-corrected chi connectivity index (χ0v) is 12.9. The van der Waals surface area contributed by atoms with Gasteiger partial charge in [-0.15, -0.1) is 0 Å². The van der Waals surface area contributed by atoms with Gasteiger partial charge in [-0.25, -0.2) is 4.98 Å². The summed E-state index contributed by atoms with van der Waals surface area (Å²) in [6.07, 6.45) is 3.53. The summed E-state index contributed by atoms with van der Waals surface area (Å²) < 4.78 is 5.10. The number of hydrogen-bond acceptors (Lipinski definition) is 3. The number of aryl methyl sites for hydroxylation is 1. The maximum Gasteiger partial charge on any atom is 0.230 e. The predicted molar refractivity (Wildman–Crippen MR) is 84.7 cm³/mol. The molecule has 1 N–H and O–H groups in total. The van der Waals surface area contributed by atoms with Crippen LogP contribution < -0.4 is 10.1 Å².